The number of hydrogen-bond donors (Lipinski definition) is 2. The minimum Gasteiger partial charge on any atom is -0.395 e. The highest BCUT2D eigenvalue weighted by atomic mass is 16.3. The van der Waals surface area contributed by atoms with Crippen LogP contribution in [0.4, 0.5) is 0 Å². The van der Waals surface area contributed by atoms with Crippen molar-refractivity contribution in [3.63, 3.8) is 0 Å². The molecule has 3 heteroatoms. The van der Waals surface area contributed by atoms with E-state index in [0.29, 0.717) is 18.9 Å². The highest BCUT2D eigenvalue weighted by Crippen LogP contribution is 2.05. The second-order valence-corrected chi connectivity index (χ2v) is 6.59. The maximum atomic E-state index is 11.3. The van der Waals surface area contributed by atoms with Crippen molar-refractivity contribution in [1.82, 2.24) is 5.32 Å². The van der Waals surface area contributed by atoms with E-state index in [1.165, 1.54) is 25.7 Å². The van der Waals surface area contributed by atoms with Crippen molar-refractivity contribution in [3.05, 3.63) is 48.6 Å². The Morgan fingerprint density at radius 3 is 2.31 bits per heavy atom. The van der Waals surface area contributed by atoms with Crippen LogP contribution in [0.25, 0.3) is 0 Å². The number of unbranched alkanes of at least 4 members (excludes halogenated alkanes) is 4. The molecule has 0 aliphatic heterocycles. The zero-order valence-corrected chi connectivity index (χ0v) is 16.8. The fourth-order valence-corrected chi connectivity index (χ4v) is 2.41. The maximum absolute atomic E-state index is 11.3. The molecule has 0 saturated carbocycles. The molecule has 1 amide bonds. The average molecular weight is 362 g/mol. The molecule has 0 fully saturated rings. The molecule has 1 atom stereocenters. The summed E-state index contributed by atoms with van der Waals surface area (Å²) in [6.45, 7) is 4.81. The molecule has 0 aliphatic carbocycles. The topological polar surface area (TPSA) is 49.3 Å². The molecule has 148 valence electrons. The third-order valence-corrected chi connectivity index (χ3v) is 3.94. The molecule has 0 spiro atoms. The zero-order valence-electron chi connectivity index (χ0n) is 16.8. The normalized spacial score (nSPS) is 13.5. The van der Waals surface area contributed by atoms with Crippen molar-refractivity contribution in [1.29, 1.82) is 0 Å². The number of amides is 1. The first kappa shape index (κ1) is 24.4. The first-order chi connectivity index (χ1) is 12.7. The summed E-state index contributed by atoms with van der Waals surface area (Å²) in [5.74, 6) is 0.531. The van der Waals surface area contributed by atoms with Crippen molar-refractivity contribution in [2.75, 3.05) is 13.2 Å². The van der Waals surface area contributed by atoms with Crippen LogP contribution in [0.2, 0.25) is 0 Å². The first-order valence-electron chi connectivity index (χ1n) is 10.2. The molecule has 0 heterocycles. The molecule has 0 unspecified atom stereocenters. The SMILES string of the molecule is CCCCCC=C[C@H](C)C=CCC=CCC=CCCCC(=O)NCCO. The Balaban J connectivity index is 3.60. The quantitative estimate of drug-likeness (QED) is 0.282. The molecule has 3 nitrogen and oxygen atoms in total. The van der Waals surface area contributed by atoms with E-state index >= 15 is 0 Å². The van der Waals surface area contributed by atoms with Gasteiger partial charge in [0.15, 0.2) is 0 Å². The molecule has 0 rings (SSSR count). The van der Waals surface area contributed by atoms with Gasteiger partial charge in [-0.15, -0.1) is 0 Å². The Bertz CT molecular complexity index is 435. The minimum atomic E-state index is 0.00181. The lowest BCUT2D eigenvalue weighted by Crippen LogP contribution is -2.25. The van der Waals surface area contributed by atoms with Crippen LogP contribution in [0, 0.1) is 5.92 Å². The highest BCUT2D eigenvalue weighted by Gasteiger charge is 1.97. The van der Waals surface area contributed by atoms with Gasteiger partial charge in [0.1, 0.15) is 0 Å². The fraction of sp³-hybridized carbons (Fsp3) is 0.609. The summed E-state index contributed by atoms with van der Waals surface area (Å²) in [7, 11) is 0. The van der Waals surface area contributed by atoms with Gasteiger partial charge in [0.05, 0.1) is 6.61 Å². The Labute approximate surface area is 161 Å². The van der Waals surface area contributed by atoms with E-state index in [9.17, 15) is 4.79 Å². The van der Waals surface area contributed by atoms with Crippen LogP contribution in [0.5, 0.6) is 0 Å². The number of carbonyl (C=O) groups is 1. The second-order valence-electron chi connectivity index (χ2n) is 6.59. The van der Waals surface area contributed by atoms with Crippen molar-refractivity contribution in [2.45, 2.75) is 71.6 Å². The predicted octanol–water partition coefficient (Wildman–Crippen LogP) is 5.49. The Morgan fingerprint density at radius 2 is 1.58 bits per heavy atom. The van der Waals surface area contributed by atoms with Gasteiger partial charge in [-0.3, -0.25) is 4.79 Å². The molecular weight excluding hydrogens is 322 g/mol. The summed E-state index contributed by atoms with van der Waals surface area (Å²) in [6.07, 6.45) is 27.1. The first-order valence-corrected chi connectivity index (χ1v) is 10.2. The van der Waals surface area contributed by atoms with Gasteiger partial charge in [0.2, 0.25) is 5.91 Å². The fourth-order valence-electron chi connectivity index (χ4n) is 2.41. The molecule has 0 aromatic carbocycles. The summed E-state index contributed by atoms with van der Waals surface area (Å²) in [6, 6.07) is 0. The van der Waals surface area contributed by atoms with Crippen LogP contribution in [-0.2, 0) is 4.79 Å². The number of carbonyl (C=O) groups excluding carboxylic acids is 1. The summed E-state index contributed by atoms with van der Waals surface area (Å²) in [4.78, 5) is 11.3. The minimum absolute atomic E-state index is 0.00181. The van der Waals surface area contributed by atoms with Crippen molar-refractivity contribution in [2.24, 2.45) is 5.92 Å². The van der Waals surface area contributed by atoms with Gasteiger partial charge in [-0.25, -0.2) is 0 Å². The highest BCUT2D eigenvalue weighted by molar-refractivity contribution is 5.75. The van der Waals surface area contributed by atoms with Gasteiger partial charge < -0.3 is 10.4 Å². The molecule has 2 N–H and O–H groups in total. The number of allylic oxidation sites excluding steroid dienone is 8. The van der Waals surface area contributed by atoms with E-state index in [1.807, 2.05) is 0 Å². The molecule has 0 aromatic rings. The molecule has 0 bridgehead atoms. The van der Waals surface area contributed by atoms with E-state index in [2.05, 4.69) is 67.8 Å². The summed E-state index contributed by atoms with van der Waals surface area (Å²) >= 11 is 0. The van der Waals surface area contributed by atoms with E-state index < -0.39 is 0 Å². The van der Waals surface area contributed by atoms with Crippen molar-refractivity contribution < 1.29 is 9.90 Å². The van der Waals surface area contributed by atoms with Crippen LogP contribution in [0.15, 0.2) is 48.6 Å². The predicted molar refractivity (Wildman–Crippen MR) is 113 cm³/mol. The number of hydrogen-bond acceptors (Lipinski definition) is 2. The van der Waals surface area contributed by atoms with Crippen LogP contribution >= 0.6 is 0 Å². The summed E-state index contributed by atoms with van der Waals surface area (Å²) in [5, 5.41) is 11.3. The summed E-state index contributed by atoms with van der Waals surface area (Å²) < 4.78 is 0. The van der Waals surface area contributed by atoms with E-state index in [-0.39, 0.29) is 12.5 Å². The largest absolute Gasteiger partial charge is 0.395 e. The Hall–Kier alpha value is -1.61. The van der Waals surface area contributed by atoms with Crippen LogP contribution < -0.4 is 5.32 Å². The van der Waals surface area contributed by atoms with Crippen LogP contribution in [-0.4, -0.2) is 24.2 Å². The third kappa shape index (κ3) is 18.7. The van der Waals surface area contributed by atoms with Gasteiger partial charge in [-0.05, 0) is 44.4 Å². The van der Waals surface area contributed by atoms with Crippen molar-refractivity contribution >= 4 is 5.91 Å². The van der Waals surface area contributed by atoms with Crippen LogP contribution in [0.3, 0.4) is 0 Å². The maximum Gasteiger partial charge on any atom is 0.220 e. The van der Waals surface area contributed by atoms with E-state index in [0.717, 1.165) is 25.7 Å². The molecule has 26 heavy (non-hydrogen) atoms. The smallest absolute Gasteiger partial charge is 0.220 e. The van der Waals surface area contributed by atoms with Gasteiger partial charge in [0.25, 0.3) is 0 Å². The second kappa shape index (κ2) is 19.7. The lowest BCUT2D eigenvalue weighted by Gasteiger charge is -2.00. The number of rotatable bonds is 16. The Morgan fingerprint density at radius 1 is 0.923 bits per heavy atom. The molecule has 0 saturated heterocycles. The van der Waals surface area contributed by atoms with Gasteiger partial charge >= 0.3 is 0 Å². The number of aliphatic hydroxyl groups excluding tert-OH is 1. The number of nitrogens with one attached hydrogen (secondary N) is 1. The van der Waals surface area contributed by atoms with E-state index in [1.54, 1.807) is 0 Å². The van der Waals surface area contributed by atoms with E-state index in [4.69, 9.17) is 5.11 Å². The molecular formula is C23H39NO2. The lowest BCUT2D eigenvalue weighted by atomic mass is 10.1. The monoisotopic (exact) mass is 361 g/mol. The van der Waals surface area contributed by atoms with Gasteiger partial charge in [-0.2, -0.15) is 0 Å². The third-order valence-electron chi connectivity index (χ3n) is 3.94. The number of aliphatic hydroxyl groups is 1. The van der Waals surface area contributed by atoms with Gasteiger partial charge in [-0.1, -0.05) is 75.3 Å². The Kier molecular flexibility index (Phi) is 18.5. The average Bonchev–Trinajstić information content (AvgIpc) is 2.64. The standard InChI is InChI=1S/C23H39NO2/c1-3-4-5-11-14-17-22(2)18-15-12-9-7-6-8-10-13-16-19-23(26)24-20-21-25/h7-10,14-15,17-18,22,25H,3-6,11-13,16,19-21H2,1-2H3,(H,24,26)/t22-/m0/s1. The molecule has 0 radical (unpaired) electrons. The summed E-state index contributed by atoms with van der Waals surface area (Å²) in [5.41, 5.74) is 0. The molecule has 0 aromatic heterocycles. The lowest BCUT2D eigenvalue weighted by molar-refractivity contribution is -0.121. The van der Waals surface area contributed by atoms with Crippen LogP contribution in [0.1, 0.15) is 71.6 Å². The zero-order chi connectivity index (χ0) is 19.3. The van der Waals surface area contributed by atoms with Crippen molar-refractivity contribution in [3.8, 4) is 0 Å². The molecule has 0 aliphatic rings. The van der Waals surface area contributed by atoms with Gasteiger partial charge in [0, 0.05) is 13.0 Å².